The quantitative estimate of drug-likeness (QED) is 0.171. The van der Waals surface area contributed by atoms with Crippen molar-refractivity contribution in [2.45, 2.75) is 0 Å². The molecule has 0 radical (unpaired) electrons. The van der Waals surface area contributed by atoms with Crippen molar-refractivity contribution < 1.29 is 28.5 Å². The summed E-state index contributed by atoms with van der Waals surface area (Å²) in [5, 5.41) is 4.00. The Morgan fingerprint density at radius 2 is 1.73 bits per heavy atom. The molecule has 40 heavy (non-hydrogen) atoms. The zero-order valence-corrected chi connectivity index (χ0v) is 23.2. The lowest BCUT2D eigenvalue weighted by atomic mass is 9.95. The number of allylic oxidation sites excluding steroid dienone is 4. The van der Waals surface area contributed by atoms with Crippen molar-refractivity contribution in [2.24, 2.45) is 0 Å². The van der Waals surface area contributed by atoms with E-state index in [4.69, 9.17) is 18.9 Å². The summed E-state index contributed by atoms with van der Waals surface area (Å²) in [4.78, 5) is 33.8. The minimum atomic E-state index is -0.299. The summed E-state index contributed by atoms with van der Waals surface area (Å²) in [6, 6.07) is 16.2. The predicted octanol–water partition coefficient (Wildman–Crippen LogP) is 6.05. The first-order valence-corrected chi connectivity index (χ1v) is 13.0. The highest BCUT2D eigenvalue weighted by atomic mass is 79.9. The number of nitrogens with one attached hydrogen (secondary N) is 1. The van der Waals surface area contributed by atoms with E-state index < -0.39 is 0 Å². The van der Waals surface area contributed by atoms with Crippen LogP contribution in [0.5, 0.6) is 23.0 Å². The fraction of sp³-hybridized carbons (Fsp3) is 0.133. The number of fused-ring (bicyclic) bond motifs is 1. The zero-order chi connectivity index (χ0) is 28.1. The van der Waals surface area contributed by atoms with Crippen molar-refractivity contribution in [1.82, 2.24) is 9.97 Å². The molecule has 0 saturated carbocycles. The number of hydrogen-bond acceptors (Lipinski definition) is 9. The Labute approximate surface area is 238 Å². The first kappa shape index (κ1) is 27.0. The molecule has 1 N–H and O–H groups in total. The maximum atomic E-state index is 12.8. The molecular formula is C30H24BrN3O6. The molecule has 0 aliphatic heterocycles. The number of aromatic nitrogens is 2. The molecule has 0 atom stereocenters. The topological polar surface area (TPSA) is 109 Å². The number of nitrogens with zero attached hydrogens (tertiary/aromatic N) is 2. The van der Waals surface area contributed by atoms with Gasteiger partial charge in [-0.05, 0) is 70.6 Å². The summed E-state index contributed by atoms with van der Waals surface area (Å²) in [6.07, 6.45) is 5.26. The van der Waals surface area contributed by atoms with Crippen molar-refractivity contribution >= 4 is 55.5 Å². The molecule has 0 saturated heterocycles. The second-order valence-electron chi connectivity index (χ2n) is 8.61. The Morgan fingerprint density at radius 3 is 2.52 bits per heavy atom. The van der Waals surface area contributed by atoms with Gasteiger partial charge in [-0.25, -0.2) is 9.97 Å². The van der Waals surface area contributed by atoms with Gasteiger partial charge < -0.3 is 24.3 Å². The smallest absolute Gasteiger partial charge is 0.186 e. The van der Waals surface area contributed by atoms with E-state index >= 15 is 0 Å². The van der Waals surface area contributed by atoms with Crippen LogP contribution in [-0.4, -0.2) is 49.0 Å². The van der Waals surface area contributed by atoms with Crippen LogP contribution in [0.15, 0.2) is 83.6 Å². The Hall–Kier alpha value is -4.54. The van der Waals surface area contributed by atoms with Gasteiger partial charge in [0.15, 0.2) is 23.1 Å². The third-order valence-corrected chi connectivity index (χ3v) is 6.66. The lowest BCUT2D eigenvalue weighted by molar-refractivity contribution is -0.113. The summed E-state index contributed by atoms with van der Waals surface area (Å²) in [5.74, 6) is 1.96. The molecule has 10 heteroatoms. The number of carbonyl (C=O) groups excluding carboxylic acids is 2. The van der Waals surface area contributed by atoms with Gasteiger partial charge >= 0.3 is 0 Å². The number of anilines is 2. The summed E-state index contributed by atoms with van der Waals surface area (Å²) in [7, 11) is 3.16. The van der Waals surface area contributed by atoms with Gasteiger partial charge in [0, 0.05) is 35.4 Å². The van der Waals surface area contributed by atoms with Gasteiger partial charge in [0.25, 0.3) is 0 Å². The molecule has 1 aliphatic rings. The lowest BCUT2D eigenvalue weighted by Crippen LogP contribution is -2.08. The second-order valence-corrected chi connectivity index (χ2v) is 9.46. The predicted molar refractivity (Wildman–Crippen MR) is 155 cm³/mol. The van der Waals surface area contributed by atoms with E-state index in [9.17, 15) is 9.59 Å². The van der Waals surface area contributed by atoms with E-state index in [0.29, 0.717) is 64.2 Å². The monoisotopic (exact) mass is 601 g/mol. The van der Waals surface area contributed by atoms with Crippen molar-refractivity contribution in [1.29, 1.82) is 0 Å². The molecule has 1 aromatic heterocycles. The van der Waals surface area contributed by atoms with Crippen molar-refractivity contribution in [2.75, 3.05) is 32.8 Å². The fourth-order valence-electron chi connectivity index (χ4n) is 4.08. The van der Waals surface area contributed by atoms with Crippen LogP contribution in [0, 0.1) is 0 Å². The number of methoxy groups -OCH3 is 2. The Balaban J connectivity index is 1.54. The molecule has 9 nitrogen and oxygen atoms in total. The molecule has 0 amide bonds. The van der Waals surface area contributed by atoms with Crippen molar-refractivity contribution in [3.05, 3.63) is 89.2 Å². The lowest BCUT2D eigenvalue weighted by Gasteiger charge is -2.17. The summed E-state index contributed by atoms with van der Waals surface area (Å²) in [5.41, 5.74) is 1.93. The average Bonchev–Trinajstić information content (AvgIpc) is 2.96. The van der Waals surface area contributed by atoms with Crippen LogP contribution < -0.4 is 19.5 Å². The standard InChI is InChI=1S/C30H24BrN3O6/c1-37-11-12-39-29-16-24-22(15-28(29)38-2)30(33-17-32-24)34-18-7-10-26(40-27-6-4-3-5-23(27)31)21(13-18)20-14-19(35)8-9-25(20)36/h3-10,13-17H,11-12H2,1-2H3,(H,32,33,34). The van der Waals surface area contributed by atoms with Crippen LogP contribution in [0.25, 0.3) is 16.5 Å². The highest BCUT2D eigenvalue weighted by Gasteiger charge is 2.21. The van der Waals surface area contributed by atoms with Gasteiger partial charge in [-0.15, -0.1) is 0 Å². The number of ketones is 2. The Morgan fingerprint density at radius 1 is 0.875 bits per heavy atom. The molecule has 0 spiro atoms. The molecule has 1 heterocycles. The first-order chi connectivity index (χ1) is 19.5. The number of benzene rings is 3. The highest BCUT2D eigenvalue weighted by molar-refractivity contribution is 9.10. The molecule has 202 valence electrons. The van der Waals surface area contributed by atoms with Crippen LogP contribution in [0.3, 0.4) is 0 Å². The highest BCUT2D eigenvalue weighted by Crippen LogP contribution is 2.39. The normalized spacial score (nSPS) is 12.8. The molecule has 0 fully saturated rings. The Kier molecular flexibility index (Phi) is 8.18. The van der Waals surface area contributed by atoms with Gasteiger partial charge in [0.1, 0.15) is 30.3 Å². The molecule has 5 rings (SSSR count). The largest absolute Gasteiger partial charge is 0.493 e. The third-order valence-electron chi connectivity index (χ3n) is 6.01. The summed E-state index contributed by atoms with van der Waals surface area (Å²) in [6.45, 7) is 0.791. The number of carbonyl (C=O) groups is 2. The number of hydrogen-bond donors (Lipinski definition) is 1. The van der Waals surface area contributed by atoms with E-state index in [1.54, 1.807) is 50.6 Å². The van der Waals surface area contributed by atoms with Gasteiger partial charge in [-0.3, -0.25) is 9.59 Å². The maximum absolute atomic E-state index is 12.8. The van der Waals surface area contributed by atoms with Crippen LogP contribution in [-0.2, 0) is 14.3 Å². The first-order valence-electron chi connectivity index (χ1n) is 12.2. The van der Waals surface area contributed by atoms with Gasteiger partial charge in [0.2, 0.25) is 0 Å². The minimum Gasteiger partial charge on any atom is -0.493 e. The third kappa shape index (κ3) is 5.88. The second kappa shape index (κ2) is 12.1. The van der Waals surface area contributed by atoms with E-state index in [2.05, 4.69) is 31.2 Å². The van der Waals surface area contributed by atoms with Crippen molar-refractivity contribution in [3.63, 3.8) is 0 Å². The van der Waals surface area contributed by atoms with Crippen LogP contribution in [0.2, 0.25) is 0 Å². The molecular weight excluding hydrogens is 578 g/mol. The van der Waals surface area contributed by atoms with Gasteiger partial charge in [-0.2, -0.15) is 0 Å². The van der Waals surface area contributed by atoms with Crippen LogP contribution in [0.4, 0.5) is 11.5 Å². The number of ether oxygens (including phenoxy) is 4. The summed E-state index contributed by atoms with van der Waals surface area (Å²) >= 11 is 3.49. The minimum absolute atomic E-state index is 0.227. The number of halogens is 1. The summed E-state index contributed by atoms with van der Waals surface area (Å²) < 4.78 is 23.3. The average molecular weight is 602 g/mol. The number of para-hydroxylation sites is 1. The van der Waals surface area contributed by atoms with E-state index in [1.807, 2.05) is 18.2 Å². The molecule has 1 aliphatic carbocycles. The fourth-order valence-corrected chi connectivity index (χ4v) is 4.45. The van der Waals surface area contributed by atoms with E-state index in [1.165, 1.54) is 24.6 Å². The maximum Gasteiger partial charge on any atom is 0.186 e. The molecule has 0 bridgehead atoms. The zero-order valence-electron chi connectivity index (χ0n) is 21.6. The van der Waals surface area contributed by atoms with Gasteiger partial charge in [-0.1, -0.05) is 12.1 Å². The molecule has 3 aromatic carbocycles. The Bertz CT molecular complexity index is 1670. The molecule has 0 unspecified atom stereocenters. The van der Waals surface area contributed by atoms with Crippen LogP contribution in [0.1, 0.15) is 5.56 Å². The van der Waals surface area contributed by atoms with Crippen molar-refractivity contribution in [3.8, 4) is 23.0 Å². The van der Waals surface area contributed by atoms with Gasteiger partial charge in [0.05, 0.1) is 23.7 Å². The number of rotatable bonds is 10. The van der Waals surface area contributed by atoms with E-state index in [-0.39, 0.29) is 17.1 Å². The SMILES string of the molecule is COCCOc1cc2ncnc(Nc3ccc(Oc4ccccc4Br)c(C4=CC(=O)C=CC4=O)c3)c2cc1OC. The van der Waals surface area contributed by atoms with Crippen LogP contribution >= 0.6 is 15.9 Å². The molecule has 4 aromatic rings. The van der Waals surface area contributed by atoms with E-state index in [0.717, 1.165) is 4.47 Å².